The van der Waals surface area contributed by atoms with Crippen LogP contribution in [0.25, 0.3) is 21.9 Å². The standard InChI is InChI=1S/C29H20BrFN2O4/c1-32-15-21(20-4-2-3-5-22(20)32)26-25(27(34)24-13-17-12-18(30)8-11-23(17)37-24)28(35)29(36)33(26)14-16-6-9-19(31)10-7-16/h2-13,15,26,35H,14H2,1H3. The van der Waals surface area contributed by atoms with Gasteiger partial charge in [0.25, 0.3) is 5.91 Å². The Morgan fingerprint density at radius 1 is 1.08 bits per heavy atom. The third-order valence-electron chi connectivity index (χ3n) is 6.74. The zero-order valence-electron chi connectivity index (χ0n) is 19.6. The maximum atomic E-state index is 13.9. The van der Waals surface area contributed by atoms with Gasteiger partial charge in [-0.05, 0) is 48.0 Å². The molecule has 6 nitrogen and oxygen atoms in total. The summed E-state index contributed by atoms with van der Waals surface area (Å²) >= 11 is 3.42. The van der Waals surface area contributed by atoms with Gasteiger partial charge in [-0.3, -0.25) is 9.59 Å². The third-order valence-corrected chi connectivity index (χ3v) is 7.23. The molecule has 0 spiro atoms. The third kappa shape index (κ3) is 3.84. The fourth-order valence-electron chi connectivity index (χ4n) is 5.01. The van der Waals surface area contributed by atoms with E-state index in [1.165, 1.54) is 17.0 Å². The molecule has 0 fully saturated rings. The van der Waals surface area contributed by atoms with E-state index < -0.39 is 29.3 Å². The smallest absolute Gasteiger partial charge is 0.290 e. The van der Waals surface area contributed by atoms with Gasteiger partial charge >= 0.3 is 0 Å². The molecule has 0 saturated carbocycles. The number of amides is 1. The molecule has 8 heteroatoms. The largest absolute Gasteiger partial charge is 0.503 e. The number of benzene rings is 3. The van der Waals surface area contributed by atoms with E-state index in [9.17, 15) is 19.1 Å². The number of rotatable bonds is 5. The quantitative estimate of drug-likeness (QED) is 0.246. The lowest BCUT2D eigenvalue weighted by Crippen LogP contribution is -2.30. The minimum absolute atomic E-state index is 0.0244. The molecule has 1 N–H and O–H groups in total. The van der Waals surface area contributed by atoms with Gasteiger partial charge in [-0.15, -0.1) is 0 Å². The summed E-state index contributed by atoms with van der Waals surface area (Å²) in [4.78, 5) is 28.7. The molecule has 1 unspecified atom stereocenters. The number of Topliss-reactive ketones (excluding diaryl/α,β-unsaturated/α-hetero) is 1. The van der Waals surface area contributed by atoms with Crippen LogP contribution in [0.1, 0.15) is 27.7 Å². The van der Waals surface area contributed by atoms with Crippen molar-refractivity contribution in [1.29, 1.82) is 0 Å². The molecule has 37 heavy (non-hydrogen) atoms. The maximum absolute atomic E-state index is 13.9. The molecule has 1 aliphatic rings. The maximum Gasteiger partial charge on any atom is 0.290 e. The number of aliphatic hydroxyl groups is 1. The lowest BCUT2D eigenvalue weighted by atomic mass is 9.94. The first-order valence-corrected chi connectivity index (χ1v) is 12.4. The predicted molar refractivity (Wildman–Crippen MR) is 141 cm³/mol. The number of ketones is 1. The van der Waals surface area contributed by atoms with Gasteiger partial charge in [0.15, 0.2) is 11.5 Å². The van der Waals surface area contributed by atoms with E-state index in [-0.39, 0.29) is 17.9 Å². The van der Waals surface area contributed by atoms with Gasteiger partial charge in [-0.25, -0.2) is 4.39 Å². The Balaban J connectivity index is 1.51. The summed E-state index contributed by atoms with van der Waals surface area (Å²) in [6.45, 7) is 0.0704. The monoisotopic (exact) mass is 558 g/mol. The van der Waals surface area contributed by atoms with Crippen molar-refractivity contribution in [2.24, 2.45) is 7.05 Å². The second-order valence-corrected chi connectivity index (χ2v) is 9.97. The lowest BCUT2D eigenvalue weighted by Gasteiger charge is -2.26. The van der Waals surface area contributed by atoms with Crippen LogP contribution in [0.2, 0.25) is 0 Å². The molecule has 1 amide bonds. The summed E-state index contributed by atoms with van der Waals surface area (Å²) in [7, 11) is 1.88. The molecule has 6 rings (SSSR count). The van der Waals surface area contributed by atoms with Crippen LogP contribution in [0.5, 0.6) is 0 Å². The summed E-state index contributed by atoms with van der Waals surface area (Å²) in [5.41, 5.74) is 2.73. The highest BCUT2D eigenvalue weighted by atomic mass is 79.9. The number of carbonyl (C=O) groups excluding carboxylic acids is 2. The summed E-state index contributed by atoms with van der Waals surface area (Å²) in [6, 6.07) is 19.6. The van der Waals surface area contributed by atoms with Crippen molar-refractivity contribution in [3.8, 4) is 0 Å². The highest BCUT2D eigenvalue weighted by molar-refractivity contribution is 9.10. The van der Waals surface area contributed by atoms with Gasteiger partial charge in [-0.1, -0.05) is 46.3 Å². The molecule has 2 aromatic heterocycles. The van der Waals surface area contributed by atoms with E-state index in [4.69, 9.17) is 4.42 Å². The number of hydrogen-bond donors (Lipinski definition) is 1. The van der Waals surface area contributed by atoms with Crippen molar-refractivity contribution < 1.29 is 23.5 Å². The number of aryl methyl sites for hydroxylation is 1. The number of para-hydroxylation sites is 1. The fraction of sp³-hybridized carbons (Fsp3) is 0.103. The second kappa shape index (κ2) is 8.74. The summed E-state index contributed by atoms with van der Waals surface area (Å²) in [5, 5.41) is 12.6. The molecule has 184 valence electrons. The number of aromatic nitrogens is 1. The Morgan fingerprint density at radius 2 is 1.84 bits per heavy atom. The first-order valence-electron chi connectivity index (χ1n) is 11.6. The summed E-state index contributed by atoms with van der Waals surface area (Å²) < 4.78 is 22.1. The first kappa shape index (κ1) is 23.2. The molecule has 0 bridgehead atoms. The molecular weight excluding hydrogens is 539 g/mol. The number of fused-ring (bicyclic) bond motifs is 2. The minimum Gasteiger partial charge on any atom is -0.503 e. The normalized spacial score (nSPS) is 15.9. The zero-order chi connectivity index (χ0) is 25.8. The van der Waals surface area contributed by atoms with Gasteiger partial charge in [0.2, 0.25) is 5.78 Å². The second-order valence-electron chi connectivity index (χ2n) is 9.06. The van der Waals surface area contributed by atoms with Gasteiger partial charge in [-0.2, -0.15) is 0 Å². The van der Waals surface area contributed by atoms with Gasteiger partial charge < -0.3 is 19.0 Å². The molecule has 0 radical (unpaired) electrons. The van der Waals surface area contributed by atoms with Crippen molar-refractivity contribution in [1.82, 2.24) is 9.47 Å². The van der Waals surface area contributed by atoms with E-state index in [0.29, 0.717) is 22.1 Å². The Morgan fingerprint density at radius 3 is 2.62 bits per heavy atom. The summed E-state index contributed by atoms with van der Waals surface area (Å²) in [6.07, 6.45) is 1.86. The van der Waals surface area contributed by atoms with Crippen molar-refractivity contribution >= 4 is 49.5 Å². The number of furan rings is 1. The molecule has 3 aromatic carbocycles. The highest BCUT2D eigenvalue weighted by Crippen LogP contribution is 2.43. The Bertz CT molecular complexity index is 1750. The SMILES string of the molecule is Cn1cc(C2C(C(=O)c3cc4cc(Br)ccc4o3)=C(O)C(=O)N2Cc2ccc(F)cc2)c2ccccc21. The molecule has 1 aliphatic heterocycles. The number of hydrogen-bond acceptors (Lipinski definition) is 4. The van der Waals surface area contributed by atoms with E-state index in [2.05, 4.69) is 15.9 Å². The Kier molecular flexibility index (Phi) is 5.49. The van der Waals surface area contributed by atoms with E-state index >= 15 is 0 Å². The van der Waals surface area contributed by atoms with Crippen LogP contribution in [0.4, 0.5) is 4.39 Å². The average Bonchev–Trinajstić information content (AvgIpc) is 3.53. The molecule has 3 heterocycles. The molecule has 0 aliphatic carbocycles. The Hall–Kier alpha value is -4.17. The van der Waals surface area contributed by atoms with Crippen molar-refractivity contribution in [2.45, 2.75) is 12.6 Å². The molecule has 5 aromatic rings. The number of halogens is 2. The van der Waals surface area contributed by atoms with Gasteiger partial charge in [0, 0.05) is 46.1 Å². The molecule has 1 atom stereocenters. The van der Waals surface area contributed by atoms with Crippen molar-refractivity contribution in [3.05, 3.63) is 118 Å². The van der Waals surface area contributed by atoms with Crippen LogP contribution in [-0.4, -0.2) is 26.3 Å². The van der Waals surface area contributed by atoms with Crippen LogP contribution in [0.15, 0.2) is 99.2 Å². The first-order chi connectivity index (χ1) is 17.8. The van der Waals surface area contributed by atoms with Crippen molar-refractivity contribution in [2.75, 3.05) is 0 Å². The highest BCUT2D eigenvalue weighted by Gasteiger charge is 2.45. The number of aliphatic hydroxyl groups excluding tert-OH is 1. The van der Waals surface area contributed by atoms with Crippen LogP contribution < -0.4 is 0 Å². The molecular formula is C29H20BrFN2O4. The minimum atomic E-state index is -0.879. The number of carbonyl (C=O) groups is 2. The fourth-order valence-corrected chi connectivity index (χ4v) is 5.39. The Labute approximate surface area is 219 Å². The zero-order valence-corrected chi connectivity index (χ0v) is 21.2. The average molecular weight is 559 g/mol. The van der Waals surface area contributed by atoms with Crippen LogP contribution in [-0.2, 0) is 18.4 Å². The molecule has 0 saturated heterocycles. The van der Waals surface area contributed by atoms with Crippen molar-refractivity contribution in [3.63, 3.8) is 0 Å². The van der Waals surface area contributed by atoms with Crippen LogP contribution in [0.3, 0.4) is 0 Å². The lowest BCUT2D eigenvalue weighted by molar-refractivity contribution is -0.130. The van der Waals surface area contributed by atoms with Crippen LogP contribution in [0, 0.1) is 5.82 Å². The summed E-state index contributed by atoms with van der Waals surface area (Å²) in [5.74, 6) is -2.24. The van der Waals surface area contributed by atoms with E-state index in [0.717, 1.165) is 15.4 Å². The topological polar surface area (TPSA) is 75.7 Å². The van der Waals surface area contributed by atoms with Gasteiger partial charge in [0.05, 0.1) is 11.6 Å². The van der Waals surface area contributed by atoms with E-state index in [1.54, 1.807) is 30.3 Å². The van der Waals surface area contributed by atoms with Gasteiger partial charge in [0.1, 0.15) is 11.4 Å². The predicted octanol–water partition coefficient (Wildman–Crippen LogP) is 6.60. The van der Waals surface area contributed by atoms with E-state index in [1.807, 2.05) is 48.1 Å². The number of nitrogens with zero attached hydrogens (tertiary/aromatic N) is 2. The van der Waals surface area contributed by atoms with Crippen LogP contribution >= 0.6 is 15.9 Å².